The summed E-state index contributed by atoms with van der Waals surface area (Å²) in [6.45, 7) is 3.84. The van der Waals surface area contributed by atoms with Gasteiger partial charge in [-0.1, -0.05) is 36.4 Å². The molecule has 0 saturated carbocycles. The Morgan fingerprint density at radius 3 is 2.59 bits per heavy atom. The molecule has 7 heterocycles. The van der Waals surface area contributed by atoms with E-state index < -0.39 is 46.9 Å². The maximum atomic E-state index is 14.9. The Morgan fingerprint density at radius 1 is 1.02 bits per heavy atom. The normalized spacial score (nSPS) is 27.0. The Hall–Kier alpha value is -5.92. The third-order valence-corrected chi connectivity index (χ3v) is 14.6. The first kappa shape index (κ1) is 39.2. The van der Waals surface area contributed by atoms with E-state index in [4.69, 9.17) is 28.4 Å². The molecule has 7 aliphatic rings. The third kappa shape index (κ3) is 5.94. The van der Waals surface area contributed by atoms with Gasteiger partial charge >= 0.3 is 11.9 Å². The fourth-order valence-electron chi connectivity index (χ4n) is 10.5. The molecule has 14 nitrogen and oxygen atoms in total. The zero-order valence-electron chi connectivity index (χ0n) is 33.9. The highest BCUT2D eigenvalue weighted by molar-refractivity contribution is 7.99. The average Bonchev–Trinajstić information content (AvgIpc) is 3.76. The van der Waals surface area contributed by atoms with Crippen molar-refractivity contribution in [2.24, 2.45) is 0 Å². The van der Waals surface area contributed by atoms with Gasteiger partial charge in [-0.25, -0.2) is 9.59 Å². The van der Waals surface area contributed by atoms with Crippen LogP contribution in [0.5, 0.6) is 40.2 Å². The number of phenols is 2. The van der Waals surface area contributed by atoms with Crippen LogP contribution in [0.1, 0.15) is 67.4 Å². The summed E-state index contributed by atoms with van der Waals surface area (Å²) in [6.07, 6.45) is 4.07. The van der Waals surface area contributed by atoms with Crippen LogP contribution in [-0.2, 0) is 32.7 Å². The van der Waals surface area contributed by atoms with E-state index >= 15 is 0 Å². The first-order valence-electron chi connectivity index (χ1n) is 20.3. The Bertz CT molecular complexity index is 2580. The Balaban J connectivity index is 1.21. The number of rotatable bonds is 5. The highest BCUT2D eigenvalue weighted by Crippen LogP contribution is 2.63. The van der Waals surface area contributed by atoms with Crippen molar-refractivity contribution in [1.82, 2.24) is 15.5 Å². The molecular formula is C46H44N4O10S. The molecule has 0 amide bonds. The van der Waals surface area contributed by atoms with Crippen LogP contribution in [-0.4, -0.2) is 85.1 Å². The number of benzene rings is 4. The lowest BCUT2D eigenvalue weighted by atomic mass is 9.72. The molecular weight excluding hydrogens is 801 g/mol. The number of aryl methyl sites for hydroxylation is 1. The number of nitriles is 1. The fourth-order valence-corrected chi connectivity index (χ4v) is 12.2. The van der Waals surface area contributed by atoms with Gasteiger partial charge in [0.2, 0.25) is 6.79 Å². The maximum absolute atomic E-state index is 14.9. The zero-order chi connectivity index (χ0) is 42.3. The third-order valence-electron chi connectivity index (χ3n) is 13.1. The minimum atomic E-state index is -1.39. The number of nitrogens with one attached hydrogen (secondary N) is 2. The van der Waals surface area contributed by atoms with Gasteiger partial charge in [0.15, 0.2) is 40.0 Å². The minimum Gasteiger partial charge on any atom is -0.504 e. The summed E-state index contributed by atoms with van der Waals surface area (Å²) in [5.41, 5.74) is 4.97. The van der Waals surface area contributed by atoms with E-state index in [1.807, 2.05) is 50.2 Å². The topological polar surface area (TPSA) is 181 Å². The molecule has 4 bridgehead atoms. The molecule has 0 aliphatic carbocycles. The number of nitrogens with zero attached hydrogens (tertiary/aromatic N) is 2. The van der Waals surface area contributed by atoms with Crippen LogP contribution in [0.25, 0.3) is 6.08 Å². The predicted octanol–water partition coefficient (Wildman–Crippen LogP) is 5.34. The van der Waals surface area contributed by atoms with E-state index in [-0.39, 0.29) is 48.2 Å². The van der Waals surface area contributed by atoms with Crippen LogP contribution in [0.3, 0.4) is 0 Å². The quantitative estimate of drug-likeness (QED) is 0.115. The van der Waals surface area contributed by atoms with Gasteiger partial charge in [0, 0.05) is 52.7 Å². The number of carbonyl (C=O) groups is 2. The van der Waals surface area contributed by atoms with Crippen LogP contribution >= 0.6 is 11.8 Å². The predicted molar refractivity (Wildman–Crippen MR) is 223 cm³/mol. The van der Waals surface area contributed by atoms with Gasteiger partial charge in [-0.05, 0) is 72.7 Å². The molecule has 61 heavy (non-hydrogen) atoms. The number of esters is 2. The molecule has 1 spiro atoms. The molecule has 7 atom stereocenters. The number of hydrogen-bond acceptors (Lipinski definition) is 15. The first-order valence-corrected chi connectivity index (χ1v) is 21.3. The Kier molecular flexibility index (Phi) is 9.59. The van der Waals surface area contributed by atoms with Gasteiger partial charge in [-0.3, -0.25) is 10.2 Å². The van der Waals surface area contributed by atoms with Crippen molar-refractivity contribution >= 4 is 29.8 Å². The van der Waals surface area contributed by atoms with E-state index in [1.54, 1.807) is 18.2 Å². The molecule has 11 rings (SSSR count). The number of thioether (sulfide) groups is 1. The number of methoxy groups -OCH3 is 2. The van der Waals surface area contributed by atoms with E-state index in [9.17, 15) is 25.1 Å². The van der Waals surface area contributed by atoms with Gasteiger partial charge in [-0.15, -0.1) is 11.8 Å². The molecule has 4 aromatic carbocycles. The highest BCUT2D eigenvalue weighted by atomic mass is 32.2. The first-order chi connectivity index (χ1) is 29.6. The van der Waals surface area contributed by atoms with Crippen LogP contribution in [0, 0.1) is 25.2 Å². The number of phenolic OH excluding ortho intramolecular Hbond substituents is 2. The molecule has 7 aliphatic heterocycles. The van der Waals surface area contributed by atoms with Crippen molar-refractivity contribution < 1.29 is 48.2 Å². The number of hydrogen-bond donors (Lipinski definition) is 4. The van der Waals surface area contributed by atoms with Crippen LogP contribution in [0.2, 0.25) is 0 Å². The average molecular weight is 845 g/mol. The lowest BCUT2D eigenvalue weighted by molar-refractivity contribution is -0.155. The molecule has 4 N–H and O–H groups in total. The van der Waals surface area contributed by atoms with Crippen molar-refractivity contribution in [1.29, 1.82) is 5.26 Å². The summed E-state index contributed by atoms with van der Waals surface area (Å²) in [5.74, 6) is 0.663. The van der Waals surface area contributed by atoms with E-state index in [0.717, 1.165) is 22.3 Å². The van der Waals surface area contributed by atoms with Gasteiger partial charge in [-0.2, -0.15) is 5.26 Å². The van der Waals surface area contributed by atoms with Crippen molar-refractivity contribution in [3.05, 3.63) is 105 Å². The van der Waals surface area contributed by atoms with E-state index in [2.05, 4.69) is 21.6 Å². The maximum Gasteiger partial charge on any atom is 0.336 e. The van der Waals surface area contributed by atoms with Gasteiger partial charge in [0.25, 0.3) is 0 Å². The SMILES string of the molecule is COc1cc2c(cc1O)CCN[C@]21CS[C@@H]2c3c(OC(=O)/C=C/c4ccccc4)c(C)c4c(c3[C@H](COC1=O)N1C2C2NC(Cc3cc(C)c(OC)c(O)c32)[C@@H]1C#N)OCO4. The molecule has 2 saturated heterocycles. The van der Waals surface area contributed by atoms with Crippen molar-refractivity contribution in [3.63, 3.8) is 0 Å². The molecule has 0 radical (unpaired) electrons. The van der Waals surface area contributed by atoms with Crippen LogP contribution < -0.4 is 34.3 Å². The Labute approximate surface area is 356 Å². The second-order valence-electron chi connectivity index (χ2n) is 16.2. The second kappa shape index (κ2) is 14.9. The van der Waals surface area contributed by atoms with Crippen LogP contribution in [0.15, 0.2) is 54.6 Å². The van der Waals surface area contributed by atoms with Crippen molar-refractivity contribution in [2.75, 3.05) is 39.9 Å². The standard InChI is InChI=1S/C46H44N4O10S/c1-22-14-26-15-28-29(18-47)50-30-19-57-45(54)46(27-17-32(55-3)31(51)16-25(27)12-13-48-46)20-61-44(38(50)37(49-28)34(26)39(53)40(22)56-4)36-35(30)43-42(58-21-59-43)23(2)41(36)60-33(52)11-10-24-8-6-5-7-9-24/h5-11,14,16-17,28-30,37-38,44,48-49,51,53H,12-13,15,19-21H2,1-4H3/b11-10+/t28?,29-,30-,37?,38?,44+,46+/m0/s1. The Morgan fingerprint density at radius 2 is 1.82 bits per heavy atom. The lowest BCUT2D eigenvalue weighted by Crippen LogP contribution is -2.69. The monoisotopic (exact) mass is 844 g/mol. The number of ether oxygens (including phenoxy) is 6. The summed E-state index contributed by atoms with van der Waals surface area (Å²) >= 11 is 1.46. The number of carbonyl (C=O) groups excluding carboxylic acids is 2. The van der Waals surface area contributed by atoms with Gasteiger partial charge in [0.05, 0.1) is 37.6 Å². The summed E-state index contributed by atoms with van der Waals surface area (Å²) in [4.78, 5) is 31.0. The van der Waals surface area contributed by atoms with E-state index in [0.29, 0.717) is 64.5 Å². The molecule has 2 fully saturated rings. The molecule has 314 valence electrons. The number of aromatic hydroxyl groups is 2. The van der Waals surface area contributed by atoms with Crippen molar-refractivity contribution in [2.45, 2.75) is 67.7 Å². The number of fused-ring (bicyclic) bond motifs is 9. The molecule has 3 unspecified atom stereocenters. The fraction of sp³-hybridized carbons (Fsp3) is 0.370. The smallest absolute Gasteiger partial charge is 0.336 e. The van der Waals surface area contributed by atoms with Crippen LogP contribution in [0.4, 0.5) is 0 Å². The summed E-state index contributed by atoms with van der Waals surface area (Å²) in [7, 11) is 2.99. The molecule has 15 heteroatoms. The number of piperazine rings is 1. The largest absolute Gasteiger partial charge is 0.504 e. The highest BCUT2D eigenvalue weighted by Gasteiger charge is 2.60. The molecule has 0 aromatic heterocycles. The van der Waals surface area contributed by atoms with Crippen molar-refractivity contribution in [3.8, 4) is 46.3 Å². The minimum absolute atomic E-state index is 0.0132. The van der Waals surface area contributed by atoms with E-state index in [1.165, 1.54) is 32.1 Å². The second-order valence-corrected chi connectivity index (χ2v) is 17.4. The summed E-state index contributed by atoms with van der Waals surface area (Å²) in [6, 6.07) is 14.3. The molecule has 4 aromatic rings. The zero-order valence-corrected chi connectivity index (χ0v) is 34.8. The summed E-state index contributed by atoms with van der Waals surface area (Å²) < 4.78 is 36.6. The summed E-state index contributed by atoms with van der Waals surface area (Å²) in [5, 5.41) is 40.7. The lowest BCUT2D eigenvalue weighted by Gasteiger charge is -2.59. The van der Waals surface area contributed by atoms with Gasteiger partial charge < -0.3 is 44.0 Å². The van der Waals surface area contributed by atoms with Gasteiger partial charge in [0.1, 0.15) is 18.4 Å².